The number of aromatic nitrogens is 2. The molecule has 3 heterocycles. The molecule has 1 aliphatic heterocycles. The number of rotatable bonds is 4. The molecule has 1 amide bonds. The van der Waals surface area contributed by atoms with E-state index in [1.807, 2.05) is 48.6 Å². The second kappa shape index (κ2) is 11.1. The van der Waals surface area contributed by atoms with E-state index in [0.29, 0.717) is 5.92 Å². The summed E-state index contributed by atoms with van der Waals surface area (Å²) in [6, 6.07) is 8.05. The van der Waals surface area contributed by atoms with Gasteiger partial charge in [0.15, 0.2) is 0 Å². The van der Waals surface area contributed by atoms with Crippen LogP contribution in [0, 0.1) is 5.92 Å². The van der Waals surface area contributed by atoms with E-state index in [2.05, 4.69) is 15.6 Å². The fourth-order valence-corrected chi connectivity index (χ4v) is 5.00. The molecule has 4 rings (SSSR count). The summed E-state index contributed by atoms with van der Waals surface area (Å²) in [6.45, 7) is 1.61. The van der Waals surface area contributed by atoms with Gasteiger partial charge in [-0.3, -0.25) is 4.79 Å². The lowest BCUT2D eigenvalue weighted by Gasteiger charge is -2.31. The van der Waals surface area contributed by atoms with Crippen molar-refractivity contribution in [3.05, 3.63) is 58.5 Å². The van der Waals surface area contributed by atoms with Crippen LogP contribution in [-0.4, -0.2) is 50.7 Å². The van der Waals surface area contributed by atoms with Crippen LogP contribution in [0.5, 0.6) is 0 Å². The number of carboxylic acid groups (broad SMARTS) is 1. The number of nitrogens with zero attached hydrogens (tertiary/aromatic N) is 3. The predicted molar refractivity (Wildman–Crippen MR) is 126 cm³/mol. The summed E-state index contributed by atoms with van der Waals surface area (Å²) in [5.41, 5.74) is 0. The Labute approximate surface area is 203 Å². The number of piperidine rings is 1. The SMILES string of the molecule is Cn1ccnc1CC1CCN(C(=O)/C=C/c2sc3ccccc3c2Cl)CC1.O=C(O)C(F)(F)F. The van der Waals surface area contributed by atoms with Gasteiger partial charge in [-0.25, -0.2) is 9.78 Å². The van der Waals surface area contributed by atoms with Crippen molar-refractivity contribution in [2.24, 2.45) is 13.0 Å². The van der Waals surface area contributed by atoms with Gasteiger partial charge >= 0.3 is 12.1 Å². The molecule has 1 fully saturated rings. The van der Waals surface area contributed by atoms with E-state index in [9.17, 15) is 18.0 Å². The van der Waals surface area contributed by atoms with Gasteiger partial charge in [0.05, 0.1) is 5.02 Å². The smallest absolute Gasteiger partial charge is 0.475 e. The summed E-state index contributed by atoms with van der Waals surface area (Å²) in [6.07, 6.45) is 5.30. The van der Waals surface area contributed by atoms with E-state index in [4.69, 9.17) is 21.5 Å². The molecule has 1 aliphatic rings. The molecule has 0 radical (unpaired) electrons. The number of carbonyl (C=O) groups excluding carboxylic acids is 1. The van der Waals surface area contributed by atoms with Gasteiger partial charge in [-0.05, 0) is 30.9 Å². The standard InChI is InChI=1S/C21H22ClN3OS.C2HF3O2/c1-24-13-10-23-19(24)14-15-8-11-25(12-9-15)20(26)7-6-18-21(22)16-4-2-3-5-17(16)27-18;3-2(4,5)1(6)7/h2-7,10,13,15H,8-9,11-12,14H2,1H3;(H,6,7)/b7-6+;. The lowest BCUT2D eigenvalue weighted by Crippen LogP contribution is -2.38. The van der Waals surface area contributed by atoms with Crippen LogP contribution in [0.15, 0.2) is 42.7 Å². The summed E-state index contributed by atoms with van der Waals surface area (Å²) in [4.78, 5) is 28.7. The van der Waals surface area contributed by atoms with Crippen LogP contribution in [0.4, 0.5) is 13.2 Å². The monoisotopic (exact) mass is 513 g/mol. The van der Waals surface area contributed by atoms with Crippen molar-refractivity contribution in [2.45, 2.75) is 25.4 Å². The number of halogens is 4. The van der Waals surface area contributed by atoms with E-state index in [1.54, 1.807) is 17.4 Å². The van der Waals surface area contributed by atoms with E-state index in [-0.39, 0.29) is 5.91 Å². The van der Waals surface area contributed by atoms with Gasteiger partial charge in [0.2, 0.25) is 5.91 Å². The zero-order chi connectivity index (χ0) is 24.9. The molecule has 1 aromatic carbocycles. The maximum Gasteiger partial charge on any atom is 0.490 e. The fraction of sp³-hybridized carbons (Fsp3) is 0.348. The maximum absolute atomic E-state index is 12.6. The highest BCUT2D eigenvalue weighted by Gasteiger charge is 2.38. The number of amides is 1. The minimum atomic E-state index is -5.08. The van der Waals surface area contributed by atoms with Crippen molar-refractivity contribution in [2.75, 3.05) is 13.1 Å². The zero-order valence-corrected chi connectivity index (χ0v) is 19.8. The third kappa shape index (κ3) is 6.60. The van der Waals surface area contributed by atoms with Crippen molar-refractivity contribution in [3.63, 3.8) is 0 Å². The molecule has 34 heavy (non-hydrogen) atoms. The van der Waals surface area contributed by atoms with Crippen molar-refractivity contribution in [1.82, 2.24) is 14.5 Å². The first-order valence-corrected chi connectivity index (χ1v) is 11.7. The summed E-state index contributed by atoms with van der Waals surface area (Å²) in [7, 11) is 2.03. The Balaban J connectivity index is 0.000000406. The topological polar surface area (TPSA) is 75.4 Å². The highest BCUT2D eigenvalue weighted by atomic mass is 35.5. The second-order valence-corrected chi connectivity index (χ2v) is 9.30. The Morgan fingerprint density at radius 3 is 2.47 bits per heavy atom. The third-order valence-electron chi connectivity index (χ3n) is 5.50. The summed E-state index contributed by atoms with van der Waals surface area (Å²) >= 11 is 8.07. The van der Waals surface area contributed by atoms with Gasteiger partial charge in [-0.1, -0.05) is 29.8 Å². The maximum atomic E-state index is 12.6. The molecular weight excluding hydrogens is 491 g/mol. The fourth-order valence-electron chi connectivity index (χ4n) is 3.60. The summed E-state index contributed by atoms with van der Waals surface area (Å²) < 4.78 is 35.0. The largest absolute Gasteiger partial charge is 0.490 e. The number of fused-ring (bicyclic) bond motifs is 1. The van der Waals surface area contributed by atoms with Crippen molar-refractivity contribution >= 4 is 51.0 Å². The normalized spacial score (nSPS) is 14.9. The van der Waals surface area contributed by atoms with E-state index >= 15 is 0 Å². The highest BCUT2D eigenvalue weighted by Crippen LogP contribution is 2.36. The number of carbonyl (C=O) groups is 2. The first-order chi connectivity index (χ1) is 16.1. The predicted octanol–water partition coefficient (Wildman–Crippen LogP) is 5.42. The number of benzene rings is 1. The molecule has 0 bridgehead atoms. The Morgan fingerprint density at radius 2 is 1.91 bits per heavy atom. The average Bonchev–Trinajstić information content (AvgIpc) is 3.35. The number of imidazole rings is 1. The van der Waals surface area contributed by atoms with Crippen LogP contribution in [-0.2, 0) is 23.1 Å². The summed E-state index contributed by atoms with van der Waals surface area (Å²) in [5.74, 6) is -0.971. The molecule has 1 saturated heterocycles. The summed E-state index contributed by atoms with van der Waals surface area (Å²) in [5, 5.41) is 8.90. The molecule has 6 nitrogen and oxygen atoms in total. The molecule has 11 heteroatoms. The quantitative estimate of drug-likeness (QED) is 0.473. The lowest BCUT2D eigenvalue weighted by molar-refractivity contribution is -0.192. The van der Waals surface area contributed by atoms with Gasteiger partial charge in [-0.2, -0.15) is 13.2 Å². The Hall–Kier alpha value is -2.85. The lowest BCUT2D eigenvalue weighted by atomic mass is 9.93. The van der Waals surface area contributed by atoms with Gasteiger partial charge in [0.1, 0.15) is 5.82 Å². The van der Waals surface area contributed by atoms with Crippen molar-refractivity contribution in [3.8, 4) is 0 Å². The number of hydrogen-bond donors (Lipinski definition) is 1. The molecule has 182 valence electrons. The average molecular weight is 514 g/mol. The molecule has 0 saturated carbocycles. The second-order valence-electron chi connectivity index (χ2n) is 7.84. The van der Waals surface area contributed by atoms with Crippen LogP contribution in [0.2, 0.25) is 5.02 Å². The van der Waals surface area contributed by atoms with E-state index < -0.39 is 12.1 Å². The molecule has 2 aromatic heterocycles. The van der Waals surface area contributed by atoms with E-state index in [1.165, 1.54) is 0 Å². The molecule has 1 N–H and O–H groups in total. The number of alkyl halides is 3. The Bertz CT molecular complexity index is 1180. The Kier molecular flexibility index (Phi) is 8.37. The molecule has 3 aromatic rings. The van der Waals surface area contributed by atoms with Crippen LogP contribution >= 0.6 is 22.9 Å². The van der Waals surface area contributed by atoms with Crippen LogP contribution in [0.3, 0.4) is 0 Å². The van der Waals surface area contributed by atoms with Crippen molar-refractivity contribution < 1.29 is 27.9 Å². The molecule has 0 spiro atoms. The third-order valence-corrected chi connectivity index (χ3v) is 7.15. The number of likely N-dealkylation sites (tertiary alicyclic amines) is 1. The van der Waals surface area contributed by atoms with Crippen molar-refractivity contribution in [1.29, 1.82) is 0 Å². The van der Waals surface area contributed by atoms with Gasteiger partial charge in [-0.15, -0.1) is 11.3 Å². The number of aryl methyl sites for hydroxylation is 1. The number of hydrogen-bond acceptors (Lipinski definition) is 4. The van der Waals surface area contributed by atoms with Gasteiger partial charge in [0, 0.05) is 60.0 Å². The number of carboxylic acids is 1. The number of aliphatic carboxylic acids is 1. The van der Waals surface area contributed by atoms with Gasteiger partial charge < -0.3 is 14.6 Å². The number of thiophene rings is 1. The molecular formula is C23H23ClF3N3O3S. The van der Waals surface area contributed by atoms with Gasteiger partial charge in [0.25, 0.3) is 0 Å². The first-order valence-electron chi connectivity index (χ1n) is 10.5. The molecule has 0 unspecified atom stereocenters. The molecule has 0 aliphatic carbocycles. The molecule has 0 atom stereocenters. The zero-order valence-electron chi connectivity index (χ0n) is 18.3. The van der Waals surface area contributed by atoms with E-state index in [0.717, 1.165) is 58.2 Å². The highest BCUT2D eigenvalue weighted by molar-refractivity contribution is 7.20. The minimum Gasteiger partial charge on any atom is -0.475 e. The van der Waals surface area contributed by atoms with Crippen LogP contribution in [0.1, 0.15) is 23.5 Å². The first kappa shape index (κ1) is 25.8. The van der Waals surface area contributed by atoms with Crippen LogP contribution < -0.4 is 0 Å². The Morgan fingerprint density at radius 1 is 1.26 bits per heavy atom. The van der Waals surface area contributed by atoms with Crippen LogP contribution in [0.25, 0.3) is 16.2 Å². The minimum absolute atomic E-state index is 0.0685.